The predicted molar refractivity (Wildman–Crippen MR) is 178 cm³/mol. The maximum Gasteiger partial charge on any atom is -1.00 e. The first-order valence-electron chi connectivity index (χ1n) is 16.6. The molecule has 0 aromatic heterocycles. The van der Waals surface area contributed by atoms with Crippen LogP contribution in [-0.2, 0) is 32.1 Å². The van der Waals surface area contributed by atoms with E-state index in [-0.39, 0.29) is 41.1 Å². The monoisotopic (exact) mass is 696 g/mol. The van der Waals surface area contributed by atoms with Crippen LogP contribution >= 0.6 is 0 Å². The normalized spacial score (nSPS) is 18.8. The van der Waals surface area contributed by atoms with E-state index in [0.29, 0.717) is 9.54 Å². The van der Waals surface area contributed by atoms with Crippen molar-refractivity contribution in [3.05, 3.63) is 79.2 Å². The van der Waals surface area contributed by atoms with E-state index in [1.54, 1.807) is 22.3 Å². The SMILES string of the molecule is CCC1=[C]([Zr+2](=[C]2CCCCC2)[CH]2c3cc(C(C)(C)C)ccc3-c3ccc(C(C)(C)C)cc32)C(CC)C=C1C(C)(C)C.[Cl-].[Cl-]. The van der Waals surface area contributed by atoms with Crippen LogP contribution in [0.15, 0.2) is 56.9 Å². The van der Waals surface area contributed by atoms with Crippen LogP contribution < -0.4 is 24.8 Å². The predicted octanol–water partition coefficient (Wildman–Crippen LogP) is 5.79. The third-order valence-corrected chi connectivity index (χ3v) is 19.3. The Morgan fingerprint density at radius 1 is 0.674 bits per heavy atom. The van der Waals surface area contributed by atoms with E-state index in [1.165, 1.54) is 67.2 Å². The minimum atomic E-state index is -2.41. The van der Waals surface area contributed by atoms with Crippen LogP contribution in [0.4, 0.5) is 0 Å². The molecular weight excluding hydrogens is 643 g/mol. The zero-order valence-corrected chi connectivity index (χ0v) is 32.9. The second-order valence-corrected chi connectivity index (χ2v) is 22.7. The van der Waals surface area contributed by atoms with E-state index in [1.807, 2.05) is 6.49 Å². The van der Waals surface area contributed by atoms with Crippen LogP contribution in [0.3, 0.4) is 0 Å². The quantitative estimate of drug-likeness (QED) is 0.380. The molecule has 3 aliphatic carbocycles. The Morgan fingerprint density at radius 3 is 1.56 bits per heavy atom. The van der Waals surface area contributed by atoms with Crippen molar-refractivity contribution < 1.29 is 46.1 Å². The summed E-state index contributed by atoms with van der Waals surface area (Å²) in [4.78, 5) is 0. The Balaban J connectivity index is 0.00000253. The van der Waals surface area contributed by atoms with E-state index in [0.717, 1.165) is 0 Å². The molecule has 0 radical (unpaired) electrons. The van der Waals surface area contributed by atoms with Gasteiger partial charge in [-0.1, -0.05) is 0 Å². The molecule has 0 bridgehead atoms. The Kier molecular flexibility index (Phi) is 11.6. The molecular formula is C40H56Cl2Zr. The molecule has 2 aromatic rings. The van der Waals surface area contributed by atoms with Gasteiger partial charge in [0.1, 0.15) is 0 Å². The molecule has 0 N–H and O–H groups in total. The first kappa shape index (κ1) is 36.7. The van der Waals surface area contributed by atoms with Gasteiger partial charge in [0.25, 0.3) is 0 Å². The zero-order valence-electron chi connectivity index (χ0n) is 28.9. The fraction of sp³-hybridized carbons (Fsp3) is 0.575. The molecule has 0 aliphatic heterocycles. The van der Waals surface area contributed by atoms with E-state index < -0.39 is 21.3 Å². The molecule has 1 saturated carbocycles. The summed E-state index contributed by atoms with van der Waals surface area (Å²) in [5, 5.41) is 0. The Labute approximate surface area is 284 Å². The van der Waals surface area contributed by atoms with E-state index in [9.17, 15) is 0 Å². The van der Waals surface area contributed by atoms with Gasteiger partial charge in [-0.2, -0.15) is 0 Å². The van der Waals surface area contributed by atoms with Crippen LogP contribution in [0.5, 0.6) is 0 Å². The largest absolute Gasteiger partial charge is 1.00 e. The first-order chi connectivity index (χ1) is 19.2. The maximum absolute atomic E-state index is 2.74. The summed E-state index contributed by atoms with van der Waals surface area (Å²) >= 11 is -2.41. The van der Waals surface area contributed by atoms with Crippen LogP contribution in [0.2, 0.25) is 0 Å². The van der Waals surface area contributed by atoms with Crippen molar-refractivity contribution in [3.8, 4) is 11.1 Å². The average molecular weight is 699 g/mol. The van der Waals surface area contributed by atoms with Crippen molar-refractivity contribution in [1.82, 2.24) is 0 Å². The zero-order chi connectivity index (χ0) is 29.9. The molecule has 0 nitrogen and oxygen atoms in total. The summed E-state index contributed by atoms with van der Waals surface area (Å²) in [5.41, 5.74) is 13.4. The van der Waals surface area contributed by atoms with E-state index in [2.05, 4.69) is 119 Å². The van der Waals surface area contributed by atoms with Crippen molar-refractivity contribution >= 4 is 3.21 Å². The average Bonchev–Trinajstić information content (AvgIpc) is 3.44. The number of halogens is 2. The van der Waals surface area contributed by atoms with Crippen LogP contribution in [0, 0.1) is 11.3 Å². The van der Waals surface area contributed by atoms with Gasteiger partial charge in [0.15, 0.2) is 0 Å². The smallest absolute Gasteiger partial charge is 1.00 e. The topological polar surface area (TPSA) is 0 Å². The van der Waals surface area contributed by atoms with Crippen molar-refractivity contribution in [3.63, 3.8) is 0 Å². The third kappa shape index (κ3) is 7.01. The molecule has 3 aliphatic rings. The minimum absolute atomic E-state index is 0. The number of rotatable bonds is 4. The molecule has 5 rings (SSSR count). The summed E-state index contributed by atoms with van der Waals surface area (Å²) in [6.07, 6.45) is 12.2. The molecule has 43 heavy (non-hydrogen) atoms. The molecule has 0 spiro atoms. The second kappa shape index (κ2) is 13.5. The van der Waals surface area contributed by atoms with Crippen molar-refractivity contribution in [2.75, 3.05) is 0 Å². The Morgan fingerprint density at radius 2 is 1.16 bits per heavy atom. The Bertz CT molecular complexity index is 1360. The van der Waals surface area contributed by atoms with Gasteiger partial charge < -0.3 is 24.8 Å². The van der Waals surface area contributed by atoms with Gasteiger partial charge in [-0.05, 0) is 0 Å². The fourth-order valence-electron chi connectivity index (χ4n) is 7.83. The summed E-state index contributed by atoms with van der Waals surface area (Å²) in [6, 6.07) is 15.2. The fourth-order valence-corrected chi connectivity index (χ4v) is 18.7. The van der Waals surface area contributed by atoms with Crippen LogP contribution in [0.25, 0.3) is 11.1 Å². The van der Waals surface area contributed by atoms with Gasteiger partial charge in [0, 0.05) is 0 Å². The van der Waals surface area contributed by atoms with Gasteiger partial charge in [-0.3, -0.25) is 0 Å². The van der Waals surface area contributed by atoms with Gasteiger partial charge in [-0.25, -0.2) is 0 Å². The van der Waals surface area contributed by atoms with Crippen LogP contribution in [-0.4, -0.2) is 3.21 Å². The molecule has 0 heterocycles. The third-order valence-electron chi connectivity index (χ3n) is 10.2. The Hall–Kier alpha value is -0.747. The first-order valence-corrected chi connectivity index (χ1v) is 20.5. The number of hydrogen-bond donors (Lipinski definition) is 0. The van der Waals surface area contributed by atoms with Gasteiger partial charge in [-0.15, -0.1) is 0 Å². The van der Waals surface area contributed by atoms with Gasteiger partial charge >= 0.3 is 262 Å². The molecule has 1 fully saturated rings. The minimum Gasteiger partial charge on any atom is -1.00 e. The standard InChI is InChI=1S/C21H25.C13H21.C6H10.2ClH.Zr/c1-20(2,3)16-7-9-18-14(12-16)11-15-13-17(21(4,5)6)8-10-19(15)18;1-6-10-8-11(7-2)12(9-10)13(3,4)5;1-2-4-6-5-3-1;;;/h7-13H,1-6H3;9-10H,6-7H2,1-5H3;1-5H2;2*1H;/q;;;;;+2/p-2. The van der Waals surface area contributed by atoms with E-state index >= 15 is 0 Å². The molecule has 0 amide bonds. The number of hydrogen-bond acceptors (Lipinski definition) is 0. The number of allylic oxidation sites excluding steroid dienone is 4. The summed E-state index contributed by atoms with van der Waals surface area (Å²) < 4.78 is 4.61. The van der Waals surface area contributed by atoms with Crippen LogP contribution in [0.1, 0.15) is 147 Å². The van der Waals surface area contributed by atoms with E-state index in [4.69, 9.17) is 0 Å². The van der Waals surface area contributed by atoms with Gasteiger partial charge in [0.2, 0.25) is 0 Å². The summed E-state index contributed by atoms with van der Waals surface area (Å²) in [6.45, 7) is 26.6. The molecule has 1 atom stereocenters. The number of benzene rings is 2. The van der Waals surface area contributed by atoms with Crippen molar-refractivity contribution in [1.29, 1.82) is 0 Å². The molecule has 2 aromatic carbocycles. The van der Waals surface area contributed by atoms with Crippen molar-refractivity contribution in [2.45, 2.75) is 136 Å². The molecule has 0 saturated heterocycles. The second-order valence-electron chi connectivity index (χ2n) is 16.2. The summed E-state index contributed by atoms with van der Waals surface area (Å²) in [7, 11) is 0. The van der Waals surface area contributed by atoms with Gasteiger partial charge in [0.05, 0.1) is 0 Å². The molecule has 3 heteroatoms. The van der Waals surface area contributed by atoms with Crippen molar-refractivity contribution in [2.24, 2.45) is 11.3 Å². The molecule has 234 valence electrons. The number of fused-ring (bicyclic) bond motifs is 3. The molecule has 1 unspecified atom stereocenters. The maximum atomic E-state index is 2.74. The summed E-state index contributed by atoms with van der Waals surface area (Å²) in [5.74, 6) is 0.632.